The van der Waals surface area contributed by atoms with Crippen molar-refractivity contribution in [2.45, 2.75) is 32.1 Å². The van der Waals surface area contributed by atoms with Crippen molar-refractivity contribution in [1.82, 2.24) is 15.6 Å². The van der Waals surface area contributed by atoms with Crippen molar-refractivity contribution < 1.29 is 9.59 Å². The maximum atomic E-state index is 12.6. The van der Waals surface area contributed by atoms with Crippen molar-refractivity contribution in [3.8, 4) is 0 Å². The predicted octanol–water partition coefficient (Wildman–Crippen LogP) is 2.93. The summed E-state index contributed by atoms with van der Waals surface area (Å²) in [4.78, 5) is 28.6. The van der Waals surface area contributed by atoms with Crippen LogP contribution in [0.4, 0.5) is 0 Å². The molecule has 2 heterocycles. The number of hydrogen-bond donors (Lipinski definition) is 2. The average molecular weight is 335 g/mol. The Kier molecular flexibility index (Phi) is 3.99. The molecule has 1 atom stereocenters. The van der Waals surface area contributed by atoms with Gasteiger partial charge < -0.3 is 10.6 Å². The second-order valence-corrected chi connectivity index (χ2v) is 6.93. The molecule has 2 N–H and O–H groups in total. The van der Waals surface area contributed by atoms with Crippen molar-refractivity contribution in [3.63, 3.8) is 0 Å². The predicted molar refractivity (Wildman–Crippen MR) is 95.8 cm³/mol. The van der Waals surface area contributed by atoms with Crippen molar-refractivity contribution in [2.24, 2.45) is 5.41 Å². The standard InChI is InChI=1S/C20H21N3O2/c24-18-8-10-20(9-2-1-5-17(20)23-18)13-22-19(25)15-6-7-16-14(12-15)4-3-11-21-16/h3-7,11-12H,1-2,8-10,13H2,(H,22,25)(H,23,24). The van der Waals surface area contributed by atoms with Gasteiger partial charge in [0.15, 0.2) is 0 Å². The number of rotatable bonds is 3. The highest BCUT2D eigenvalue weighted by Crippen LogP contribution is 2.42. The van der Waals surface area contributed by atoms with Gasteiger partial charge in [-0.3, -0.25) is 14.6 Å². The summed E-state index contributed by atoms with van der Waals surface area (Å²) in [5.74, 6) is -0.000850. The second-order valence-electron chi connectivity index (χ2n) is 6.93. The maximum absolute atomic E-state index is 12.6. The third-order valence-electron chi connectivity index (χ3n) is 5.34. The Hall–Kier alpha value is -2.69. The fourth-order valence-electron chi connectivity index (χ4n) is 3.89. The number of nitrogens with one attached hydrogen (secondary N) is 2. The number of allylic oxidation sites excluding steroid dienone is 1. The lowest BCUT2D eigenvalue weighted by Crippen LogP contribution is -2.48. The van der Waals surface area contributed by atoms with E-state index in [1.54, 1.807) is 6.20 Å². The van der Waals surface area contributed by atoms with Crippen LogP contribution in [0.3, 0.4) is 0 Å². The number of carbonyl (C=O) groups excluding carboxylic acids is 2. The summed E-state index contributed by atoms with van der Waals surface area (Å²) in [5, 5.41) is 7.05. The van der Waals surface area contributed by atoms with Gasteiger partial charge in [0.25, 0.3) is 5.91 Å². The maximum Gasteiger partial charge on any atom is 0.251 e. The molecule has 2 aromatic rings. The smallest absolute Gasteiger partial charge is 0.251 e. The molecule has 5 heteroatoms. The lowest BCUT2D eigenvalue weighted by atomic mass is 9.70. The van der Waals surface area contributed by atoms with Gasteiger partial charge in [-0.25, -0.2) is 0 Å². The van der Waals surface area contributed by atoms with Crippen LogP contribution in [0.2, 0.25) is 0 Å². The largest absolute Gasteiger partial charge is 0.351 e. The van der Waals surface area contributed by atoms with Crippen molar-refractivity contribution in [1.29, 1.82) is 0 Å². The number of aromatic nitrogens is 1. The number of carbonyl (C=O) groups is 2. The molecule has 1 fully saturated rings. The summed E-state index contributed by atoms with van der Waals surface area (Å²) in [6.45, 7) is 0.559. The Morgan fingerprint density at radius 1 is 1.28 bits per heavy atom. The molecule has 1 saturated heterocycles. The zero-order chi connectivity index (χ0) is 17.3. The minimum absolute atomic E-state index is 0.0807. The van der Waals surface area contributed by atoms with E-state index in [-0.39, 0.29) is 17.2 Å². The molecule has 1 aromatic carbocycles. The first kappa shape index (κ1) is 15.8. The molecule has 2 amide bonds. The van der Waals surface area contributed by atoms with E-state index in [1.807, 2.05) is 30.3 Å². The quantitative estimate of drug-likeness (QED) is 0.906. The van der Waals surface area contributed by atoms with E-state index in [9.17, 15) is 9.59 Å². The van der Waals surface area contributed by atoms with Gasteiger partial charge in [0, 0.05) is 41.2 Å². The minimum atomic E-state index is -0.125. The summed E-state index contributed by atoms with van der Waals surface area (Å²) < 4.78 is 0. The minimum Gasteiger partial charge on any atom is -0.351 e. The molecular formula is C20H21N3O2. The highest BCUT2D eigenvalue weighted by Gasteiger charge is 2.40. The highest BCUT2D eigenvalue weighted by atomic mass is 16.2. The first-order valence-corrected chi connectivity index (χ1v) is 8.80. The third-order valence-corrected chi connectivity index (χ3v) is 5.34. The molecule has 0 saturated carbocycles. The Balaban J connectivity index is 1.51. The summed E-state index contributed by atoms with van der Waals surface area (Å²) in [5.41, 5.74) is 2.39. The van der Waals surface area contributed by atoms with Crippen LogP contribution in [0.1, 0.15) is 42.5 Å². The highest BCUT2D eigenvalue weighted by molar-refractivity contribution is 5.98. The fourth-order valence-corrected chi connectivity index (χ4v) is 3.89. The molecular weight excluding hydrogens is 314 g/mol. The zero-order valence-corrected chi connectivity index (χ0v) is 14.0. The lowest BCUT2D eigenvalue weighted by molar-refractivity contribution is -0.122. The SMILES string of the molecule is O=C1CCC2(CNC(=O)c3ccc4ncccc4c3)CCCC=C2N1. The zero-order valence-electron chi connectivity index (χ0n) is 14.0. The first-order chi connectivity index (χ1) is 12.2. The molecule has 1 aliphatic carbocycles. The number of amides is 2. The topological polar surface area (TPSA) is 71.1 Å². The average Bonchev–Trinajstić information content (AvgIpc) is 2.66. The Morgan fingerprint density at radius 2 is 2.20 bits per heavy atom. The molecule has 1 aliphatic heterocycles. The van der Waals surface area contributed by atoms with E-state index in [0.717, 1.165) is 42.3 Å². The Morgan fingerprint density at radius 3 is 3.12 bits per heavy atom. The van der Waals surface area contributed by atoms with E-state index >= 15 is 0 Å². The van der Waals surface area contributed by atoms with Crippen molar-refractivity contribution in [3.05, 3.63) is 53.9 Å². The van der Waals surface area contributed by atoms with Gasteiger partial charge in [-0.05, 0) is 49.9 Å². The van der Waals surface area contributed by atoms with E-state index in [4.69, 9.17) is 0 Å². The summed E-state index contributed by atoms with van der Waals surface area (Å²) in [7, 11) is 0. The number of benzene rings is 1. The van der Waals surface area contributed by atoms with Gasteiger partial charge in [-0.15, -0.1) is 0 Å². The number of nitrogens with zero attached hydrogens (tertiary/aromatic N) is 1. The van der Waals surface area contributed by atoms with Crippen LogP contribution in [-0.4, -0.2) is 23.3 Å². The second kappa shape index (κ2) is 6.31. The van der Waals surface area contributed by atoms with Gasteiger partial charge in [0.05, 0.1) is 5.52 Å². The van der Waals surface area contributed by atoms with Crippen molar-refractivity contribution >= 4 is 22.7 Å². The molecule has 4 rings (SSSR count). The molecule has 0 bridgehead atoms. The van der Waals surface area contributed by atoms with Gasteiger partial charge in [-0.1, -0.05) is 12.1 Å². The van der Waals surface area contributed by atoms with Gasteiger partial charge in [0.2, 0.25) is 5.91 Å². The van der Waals surface area contributed by atoms with Gasteiger partial charge >= 0.3 is 0 Å². The lowest BCUT2D eigenvalue weighted by Gasteiger charge is -2.42. The monoisotopic (exact) mass is 335 g/mol. The van der Waals surface area contributed by atoms with E-state index in [2.05, 4.69) is 21.7 Å². The number of fused-ring (bicyclic) bond motifs is 2. The third kappa shape index (κ3) is 3.02. The van der Waals surface area contributed by atoms with Gasteiger partial charge in [0.1, 0.15) is 0 Å². The molecule has 1 unspecified atom stereocenters. The Labute approximate surface area is 146 Å². The van der Waals surface area contributed by atoms with E-state index in [1.165, 1.54) is 0 Å². The van der Waals surface area contributed by atoms with Crippen LogP contribution in [0.25, 0.3) is 10.9 Å². The first-order valence-electron chi connectivity index (χ1n) is 8.80. The van der Waals surface area contributed by atoms with E-state index < -0.39 is 0 Å². The summed E-state index contributed by atoms with van der Waals surface area (Å²) in [6.07, 6.45) is 8.27. The molecule has 128 valence electrons. The van der Waals surface area contributed by atoms with Gasteiger partial charge in [-0.2, -0.15) is 0 Å². The molecule has 0 spiro atoms. The molecule has 0 radical (unpaired) electrons. The number of hydrogen-bond acceptors (Lipinski definition) is 3. The summed E-state index contributed by atoms with van der Waals surface area (Å²) >= 11 is 0. The van der Waals surface area contributed by atoms with Crippen LogP contribution in [0.15, 0.2) is 48.3 Å². The Bertz CT molecular complexity index is 874. The normalized spacial score (nSPS) is 22.7. The van der Waals surface area contributed by atoms with E-state index in [0.29, 0.717) is 18.5 Å². The number of piperidine rings is 1. The fraction of sp³-hybridized carbons (Fsp3) is 0.350. The van der Waals surface area contributed by atoms with Crippen LogP contribution >= 0.6 is 0 Å². The summed E-state index contributed by atoms with van der Waals surface area (Å²) in [6, 6.07) is 9.37. The molecule has 5 nitrogen and oxygen atoms in total. The van der Waals surface area contributed by atoms with Crippen LogP contribution < -0.4 is 10.6 Å². The van der Waals surface area contributed by atoms with Crippen LogP contribution in [0, 0.1) is 5.41 Å². The number of pyridine rings is 1. The van der Waals surface area contributed by atoms with Crippen molar-refractivity contribution in [2.75, 3.05) is 6.54 Å². The van der Waals surface area contributed by atoms with Crippen LogP contribution in [0.5, 0.6) is 0 Å². The molecule has 25 heavy (non-hydrogen) atoms. The molecule has 2 aliphatic rings. The molecule has 1 aromatic heterocycles. The van der Waals surface area contributed by atoms with Crippen LogP contribution in [-0.2, 0) is 4.79 Å².